The highest BCUT2D eigenvalue weighted by atomic mass is 16.3. The molecule has 0 aliphatic heterocycles. The number of aromatic amines is 1. The van der Waals surface area contributed by atoms with Crippen LogP contribution in [0.15, 0.2) is 59.7 Å². The number of phenols is 1. The van der Waals surface area contributed by atoms with Gasteiger partial charge in [-0.25, -0.2) is 5.43 Å². The summed E-state index contributed by atoms with van der Waals surface area (Å²) >= 11 is 0. The number of H-pyrrole nitrogens is 1. The topological polar surface area (TPSA) is 90.4 Å². The van der Waals surface area contributed by atoms with Crippen LogP contribution >= 0.6 is 0 Å². The van der Waals surface area contributed by atoms with Gasteiger partial charge >= 0.3 is 0 Å². The Morgan fingerprint density at radius 2 is 1.96 bits per heavy atom. The molecule has 1 amide bonds. The standard InChI is InChI=1S/C21H22N4O2/c1-14(2)11-15-7-9-16(10-8-15)18-12-19(24-23-18)21(27)25-22-13-17-5-3-4-6-20(17)26/h3-10,12-14,26H,11H2,1-2H3,(H,23,24)(H,25,27)/b22-13+. The van der Waals surface area contributed by atoms with E-state index in [0.717, 1.165) is 12.0 Å². The zero-order valence-corrected chi connectivity index (χ0v) is 15.3. The third-order valence-corrected chi connectivity index (χ3v) is 4.02. The van der Waals surface area contributed by atoms with E-state index in [1.165, 1.54) is 11.8 Å². The molecule has 3 aromatic rings. The van der Waals surface area contributed by atoms with Gasteiger partial charge in [-0.05, 0) is 36.1 Å². The molecule has 6 nitrogen and oxygen atoms in total. The number of hydrogen-bond acceptors (Lipinski definition) is 4. The number of aromatic hydroxyl groups is 1. The summed E-state index contributed by atoms with van der Waals surface area (Å²) in [6.45, 7) is 4.38. The number of hydrazone groups is 1. The van der Waals surface area contributed by atoms with Crippen molar-refractivity contribution in [3.8, 4) is 17.0 Å². The van der Waals surface area contributed by atoms with Crippen molar-refractivity contribution in [1.82, 2.24) is 15.6 Å². The lowest BCUT2D eigenvalue weighted by Gasteiger charge is -2.05. The normalized spacial score (nSPS) is 11.2. The molecule has 138 valence electrons. The van der Waals surface area contributed by atoms with Crippen molar-refractivity contribution in [2.75, 3.05) is 0 Å². The van der Waals surface area contributed by atoms with Crippen LogP contribution in [0, 0.1) is 5.92 Å². The highest BCUT2D eigenvalue weighted by Gasteiger charge is 2.10. The number of rotatable bonds is 6. The Bertz CT molecular complexity index is 943. The highest BCUT2D eigenvalue weighted by molar-refractivity contribution is 5.94. The maximum absolute atomic E-state index is 12.2. The number of hydrogen-bond donors (Lipinski definition) is 3. The van der Waals surface area contributed by atoms with Gasteiger partial charge in [0.2, 0.25) is 0 Å². The molecule has 0 aliphatic rings. The molecule has 0 atom stereocenters. The minimum atomic E-state index is -0.406. The van der Waals surface area contributed by atoms with Gasteiger partial charge in [-0.2, -0.15) is 10.2 Å². The van der Waals surface area contributed by atoms with Crippen molar-refractivity contribution >= 4 is 12.1 Å². The zero-order chi connectivity index (χ0) is 19.2. The van der Waals surface area contributed by atoms with Crippen molar-refractivity contribution in [1.29, 1.82) is 0 Å². The Morgan fingerprint density at radius 3 is 2.67 bits per heavy atom. The highest BCUT2D eigenvalue weighted by Crippen LogP contribution is 2.19. The number of carbonyl (C=O) groups excluding carboxylic acids is 1. The van der Waals surface area contributed by atoms with E-state index in [4.69, 9.17) is 0 Å². The number of phenolic OH excluding ortho intramolecular Hbond substituents is 1. The van der Waals surface area contributed by atoms with Gasteiger partial charge in [0.15, 0.2) is 0 Å². The van der Waals surface area contributed by atoms with Crippen molar-refractivity contribution in [2.24, 2.45) is 11.0 Å². The molecule has 0 unspecified atom stereocenters. The smallest absolute Gasteiger partial charge is 0.289 e. The van der Waals surface area contributed by atoms with Crippen LogP contribution in [0.25, 0.3) is 11.3 Å². The molecule has 0 radical (unpaired) electrons. The predicted octanol–water partition coefficient (Wildman–Crippen LogP) is 3.74. The minimum absolute atomic E-state index is 0.0974. The second-order valence-electron chi connectivity index (χ2n) is 6.72. The summed E-state index contributed by atoms with van der Waals surface area (Å²) in [6.07, 6.45) is 2.42. The molecule has 0 fully saturated rings. The molecule has 2 aromatic carbocycles. The van der Waals surface area contributed by atoms with E-state index in [9.17, 15) is 9.90 Å². The van der Waals surface area contributed by atoms with Crippen molar-refractivity contribution < 1.29 is 9.90 Å². The summed E-state index contributed by atoms with van der Waals surface area (Å²) in [5.41, 5.74) is 6.16. The summed E-state index contributed by atoms with van der Waals surface area (Å²) in [7, 11) is 0. The fraction of sp³-hybridized carbons (Fsp3) is 0.190. The number of amides is 1. The molecule has 6 heteroatoms. The molecule has 3 N–H and O–H groups in total. The first kappa shape index (κ1) is 18.4. The average molecular weight is 362 g/mol. The van der Waals surface area contributed by atoms with Crippen molar-refractivity contribution in [2.45, 2.75) is 20.3 Å². The monoisotopic (exact) mass is 362 g/mol. The van der Waals surface area contributed by atoms with Gasteiger partial charge in [0.05, 0.1) is 11.9 Å². The molecule has 0 aliphatic carbocycles. The second kappa shape index (κ2) is 8.31. The minimum Gasteiger partial charge on any atom is -0.507 e. The van der Waals surface area contributed by atoms with E-state index >= 15 is 0 Å². The Morgan fingerprint density at radius 1 is 1.22 bits per heavy atom. The first-order valence-electron chi connectivity index (χ1n) is 8.79. The summed E-state index contributed by atoms with van der Waals surface area (Å²) < 4.78 is 0. The Hall–Kier alpha value is -3.41. The number of para-hydroxylation sites is 1. The van der Waals surface area contributed by atoms with Crippen LogP contribution in [-0.4, -0.2) is 27.4 Å². The number of nitrogens with zero attached hydrogens (tertiary/aromatic N) is 2. The lowest BCUT2D eigenvalue weighted by atomic mass is 10.0. The first-order chi connectivity index (χ1) is 13.0. The predicted molar refractivity (Wildman–Crippen MR) is 106 cm³/mol. The van der Waals surface area contributed by atoms with Gasteiger partial charge in [-0.3, -0.25) is 9.89 Å². The van der Waals surface area contributed by atoms with Crippen LogP contribution in [-0.2, 0) is 6.42 Å². The molecular weight excluding hydrogens is 340 g/mol. The van der Waals surface area contributed by atoms with Crippen LogP contribution in [0.2, 0.25) is 0 Å². The number of carbonyl (C=O) groups is 1. The number of benzene rings is 2. The molecule has 0 bridgehead atoms. The van der Waals surface area contributed by atoms with E-state index in [0.29, 0.717) is 22.9 Å². The second-order valence-corrected chi connectivity index (χ2v) is 6.72. The van der Waals surface area contributed by atoms with Gasteiger partial charge in [0, 0.05) is 11.1 Å². The molecule has 0 spiro atoms. The van der Waals surface area contributed by atoms with Crippen LogP contribution in [0.1, 0.15) is 35.5 Å². The molecule has 3 rings (SSSR count). The molecule has 1 aromatic heterocycles. The number of nitrogens with one attached hydrogen (secondary N) is 2. The van der Waals surface area contributed by atoms with Crippen LogP contribution in [0.5, 0.6) is 5.75 Å². The van der Waals surface area contributed by atoms with Crippen LogP contribution in [0.3, 0.4) is 0 Å². The van der Waals surface area contributed by atoms with E-state index in [1.807, 2.05) is 12.1 Å². The van der Waals surface area contributed by atoms with Crippen molar-refractivity contribution in [3.05, 3.63) is 71.4 Å². The Labute approximate surface area is 158 Å². The third kappa shape index (κ3) is 4.82. The largest absolute Gasteiger partial charge is 0.507 e. The quantitative estimate of drug-likeness (QED) is 0.461. The lowest BCUT2D eigenvalue weighted by molar-refractivity contribution is 0.0950. The van der Waals surface area contributed by atoms with Gasteiger partial charge in [-0.1, -0.05) is 50.2 Å². The van der Waals surface area contributed by atoms with Crippen LogP contribution < -0.4 is 5.43 Å². The molecule has 1 heterocycles. The fourth-order valence-electron chi connectivity index (χ4n) is 2.69. The third-order valence-electron chi connectivity index (χ3n) is 4.02. The van der Waals surface area contributed by atoms with E-state index in [-0.39, 0.29) is 5.75 Å². The van der Waals surface area contributed by atoms with E-state index < -0.39 is 5.91 Å². The SMILES string of the molecule is CC(C)Cc1ccc(-c2cc(C(=O)N/N=C/c3ccccc3O)[nH]n2)cc1. The molecule has 0 saturated heterocycles. The van der Waals surface area contributed by atoms with Crippen molar-refractivity contribution in [3.63, 3.8) is 0 Å². The van der Waals surface area contributed by atoms with Gasteiger partial charge in [0.1, 0.15) is 11.4 Å². The Kier molecular flexibility index (Phi) is 5.66. The average Bonchev–Trinajstić information content (AvgIpc) is 3.13. The number of aromatic nitrogens is 2. The van der Waals surface area contributed by atoms with Gasteiger partial charge < -0.3 is 5.11 Å². The molecular formula is C21H22N4O2. The van der Waals surface area contributed by atoms with Crippen LogP contribution in [0.4, 0.5) is 0 Å². The zero-order valence-electron chi connectivity index (χ0n) is 15.3. The van der Waals surface area contributed by atoms with Gasteiger partial charge in [0.25, 0.3) is 5.91 Å². The fourth-order valence-corrected chi connectivity index (χ4v) is 2.69. The maximum atomic E-state index is 12.2. The molecule has 27 heavy (non-hydrogen) atoms. The summed E-state index contributed by atoms with van der Waals surface area (Å²) in [6, 6.07) is 16.6. The first-order valence-corrected chi connectivity index (χ1v) is 8.79. The summed E-state index contributed by atoms with van der Waals surface area (Å²) in [4.78, 5) is 12.2. The Balaban J connectivity index is 1.64. The van der Waals surface area contributed by atoms with E-state index in [1.54, 1.807) is 30.3 Å². The lowest BCUT2D eigenvalue weighted by Crippen LogP contribution is -2.18. The maximum Gasteiger partial charge on any atom is 0.289 e. The van der Waals surface area contributed by atoms with Gasteiger partial charge in [-0.15, -0.1) is 0 Å². The van der Waals surface area contributed by atoms with E-state index in [2.05, 4.69) is 46.7 Å². The molecule has 0 saturated carbocycles. The summed E-state index contributed by atoms with van der Waals surface area (Å²) in [5.74, 6) is 0.298. The summed E-state index contributed by atoms with van der Waals surface area (Å²) in [5, 5.41) is 20.5.